The molecule has 0 fully saturated rings. The zero-order valence-corrected chi connectivity index (χ0v) is 12.6. The van der Waals surface area contributed by atoms with Crippen molar-refractivity contribution in [3.8, 4) is 0 Å². The highest BCUT2D eigenvalue weighted by molar-refractivity contribution is 6.03. The van der Waals surface area contributed by atoms with Crippen molar-refractivity contribution in [1.82, 2.24) is 0 Å². The van der Waals surface area contributed by atoms with Gasteiger partial charge in [-0.05, 0) is 36.6 Å². The van der Waals surface area contributed by atoms with Crippen molar-refractivity contribution in [3.63, 3.8) is 0 Å². The van der Waals surface area contributed by atoms with Crippen LogP contribution in [0.4, 0.5) is 11.6 Å². The monoisotopic (exact) mass is 302 g/mol. The van der Waals surface area contributed by atoms with Gasteiger partial charge in [-0.25, -0.2) is 0 Å². The summed E-state index contributed by atoms with van der Waals surface area (Å²) in [5.74, 6) is -0.912. The van der Waals surface area contributed by atoms with E-state index < -0.39 is 16.7 Å². The molecule has 0 radical (unpaired) electrons. The molecule has 0 aliphatic heterocycles. The second kappa shape index (κ2) is 6.89. The summed E-state index contributed by atoms with van der Waals surface area (Å²) >= 11 is 0. The van der Waals surface area contributed by atoms with Gasteiger partial charge in [-0.3, -0.25) is 14.9 Å². The Morgan fingerprint density at radius 2 is 1.91 bits per heavy atom. The number of aryl methyl sites for hydroxylation is 1. The van der Waals surface area contributed by atoms with E-state index in [1.807, 2.05) is 24.3 Å². The number of anilines is 1. The van der Waals surface area contributed by atoms with Crippen molar-refractivity contribution in [1.29, 1.82) is 0 Å². The van der Waals surface area contributed by atoms with Crippen LogP contribution in [0.15, 0.2) is 40.8 Å². The van der Waals surface area contributed by atoms with E-state index in [9.17, 15) is 14.9 Å². The minimum absolute atomic E-state index is 0.0516. The molecule has 0 aliphatic rings. The van der Waals surface area contributed by atoms with E-state index in [1.165, 1.54) is 22.6 Å². The molecular formula is C16H18N2O4. The lowest BCUT2D eigenvalue weighted by Gasteiger charge is -2.16. The predicted octanol–water partition coefficient (Wildman–Crippen LogP) is 3.81. The highest BCUT2D eigenvalue weighted by Gasteiger charge is 2.21. The van der Waals surface area contributed by atoms with Crippen LogP contribution in [0.2, 0.25) is 0 Å². The summed E-state index contributed by atoms with van der Waals surface area (Å²) < 4.78 is 4.94. The number of amides is 1. The summed E-state index contributed by atoms with van der Waals surface area (Å²) in [6.07, 6.45) is 3.28. The fourth-order valence-corrected chi connectivity index (χ4v) is 2.09. The van der Waals surface area contributed by atoms with Crippen LogP contribution in [-0.2, 0) is 6.42 Å². The van der Waals surface area contributed by atoms with E-state index in [4.69, 9.17) is 4.42 Å². The molecule has 2 aromatic rings. The number of furan rings is 1. The number of rotatable bonds is 6. The maximum atomic E-state index is 12.2. The third kappa shape index (κ3) is 3.52. The van der Waals surface area contributed by atoms with Gasteiger partial charge in [0.05, 0.1) is 6.07 Å². The molecule has 2 rings (SSSR count). The number of unbranched alkanes of at least 4 members (excludes halogenated alkanes) is 1. The molecule has 22 heavy (non-hydrogen) atoms. The number of carbonyl (C=O) groups excluding carboxylic acids is 1. The van der Waals surface area contributed by atoms with Crippen molar-refractivity contribution in [3.05, 3.63) is 57.8 Å². The predicted molar refractivity (Wildman–Crippen MR) is 83.1 cm³/mol. The molecular weight excluding hydrogens is 284 g/mol. The molecule has 6 heteroatoms. The fraction of sp³-hybridized carbons (Fsp3) is 0.312. The third-order valence-electron chi connectivity index (χ3n) is 3.43. The normalized spacial score (nSPS) is 10.5. The number of nitrogens with zero attached hydrogens (tertiary/aromatic N) is 2. The largest absolute Gasteiger partial charge is 0.433 e. The van der Waals surface area contributed by atoms with Crippen LogP contribution in [0.3, 0.4) is 0 Å². The maximum absolute atomic E-state index is 12.2. The average molecular weight is 302 g/mol. The lowest BCUT2D eigenvalue weighted by atomic mass is 10.1. The number of nitro groups is 1. The maximum Gasteiger partial charge on any atom is 0.433 e. The molecule has 1 heterocycles. The van der Waals surface area contributed by atoms with E-state index in [0.29, 0.717) is 5.69 Å². The summed E-state index contributed by atoms with van der Waals surface area (Å²) in [7, 11) is 1.61. The number of benzene rings is 1. The Hall–Kier alpha value is -2.63. The zero-order chi connectivity index (χ0) is 16.1. The molecule has 0 N–H and O–H groups in total. The van der Waals surface area contributed by atoms with Gasteiger partial charge in [0.1, 0.15) is 4.92 Å². The number of carbonyl (C=O) groups is 1. The summed E-state index contributed by atoms with van der Waals surface area (Å²) in [5.41, 5.74) is 1.93. The first-order chi connectivity index (χ1) is 10.5. The minimum atomic E-state index is -0.667. The zero-order valence-electron chi connectivity index (χ0n) is 12.6. The molecule has 0 saturated carbocycles. The second-order valence-corrected chi connectivity index (χ2v) is 5.03. The van der Waals surface area contributed by atoms with Crippen LogP contribution < -0.4 is 4.90 Å². The topological polar surface area (TPSA) is 76.6 Å². The average Bonchev–Trinajstić information content (AvgIpc) is 3.02. The van der Waals surface area contributed by atoms with Gasteiger partial charge in [-0.2, -0.15) is 0 Å². The van der Waals surface area contributed by atoms with E-state index in [-0.39, 0.29) is 5.76 Å². The summed E-state index contributed by atoms with van der Waals surface area (Å²) in [6.45, 7) is 2.14. The van der Waals surface area contributed by atoms with Gasteiger partial charge in [0.2, 0.25) is 0 Å². The number of hydrogen-bond donors (Lipinski definition) is 0. The van der Waals surface area contributed by atoms with Crippen LogP contribution >= 0.6 is 0 Å². The van der Waals surface area contributed by atoms with Gasteiger partial charge in [-0.1, -0.05) is 25.5 Å². The minimum Gasteiger partial charge on any atom is -0.395 e. The highest BCUT2D eigenvalue weighted by Crippen LogP contribution is 2.21. The highest BCUT2D eigenvalue weighted by atomic mass is 16.6. The Labute approximate surface area is 128 Å². The first kappa shape index (κ1) is 15.8. The van der Waals surface area contributed by atoms with Crippen molar-refractivity contribution in [2.75, 3.05) is 11.9 Å². The van der Waals surface area contributed by atoms with Gasteiger partial charge < -0.3 is 9.32 Å². The Balaban J connectivity index is 2.10. The van der Waals surface area contributed by atoms with Gasteiger partial charge in [0.15, 0.2) is 5.76 Å². The van der Waals surface area contributed by atoms with Crippen LogP contribution in [-0.4, -0.2) is 17.9 Å². The first-order valence-electron chi connectivity index (χ1n) is 7.14. The van der Waals surface area contributed by atoms with Crippen molar-refractivity contribution in [2.45, 2.75) is 26.2 Å². The molecule has 0 spiro atoms. The molecule has 116 valence electrons. The SMILES string of the molecule is CCCCc1ccc(N(C)C(=O)c2ccc([N+](=O)[O-])o2)cc1. The summed E-state index contributed by atoms with van der Waals surface area (Å²) in [6, 6.07) is 10.2. The van der Waals surface area contributed by atoms with Gasteiger partial charge >= 0.3 is 5.88 Å². The molecule has 0 atom stereocenters. The molecule has 1 aromatic heterocycles. The van der Waals surface area contributed by atoms with Crippen LogP contribution in [0.1, 0.15) is 35.9 Å². The van der Waals surface area contributed by atoms with E-state index in [0.717, 1.165) is 19.3 Å². The summed E-state index contributed by atoms with van der Waals surface area (Å²) in [5, 5.41) is 10.6. The molecule has 1 amide bonds. The molecule has 0 bridgehead atoms. The third-order valence-corrected chi connectivity index (χ3v) is 3.43. The van der Waals surface area contributed by atoms with E-state index >= 15 is 0 Å². The lowest BCUT2D eigenvalue weighted by Crippen LogP contribution is -2.25. The molecule has 6 nitrogen and oxygen atoms in total. The number of hydrogen-bond acceptors (Lipinski definition) is 4. The van der Waals surface area contributed by atoms with E-state index in [2.05, 4.69) is 6.92 Å². The molecule has 1 aromatic carbocycles. The fourth-order valence-electron chi connectivity index (χ4n) is 2.09. The van der Waals surface area contributed by atoms with E-state index in [1.54, 1.807) is 7.05 Å². The van der Waals surface area contributed by atoms with Crippen LogP contribution in [0.25, 0.3) is 0 Å². The Morgan fingerprint density at radius 3 is 2.45 bits per heavy atom. The van der Waals surface area contributed by atoms with Crippen LogP contribution in [0.5, 0.6) is 0 Å². The van der Waals surface area contributed by atoms with Gasteiger partial charge in [0, 0.05) is 12.7 Å². The van der Waals surface area contributed by atoms with Crippen molar-refractivity contribution in [2.24, 2.45) is 0 Å². The summed E-state index contributed by atoms with van der Waals surface area (Å²) in [4.78, 5) is 23.6. The Kier molecular flexibility index (Phi) is 4.93. The molecule has 0 saturated heterocycles. The Bertz CT molecular complexity index is 661. The quantitative estimate of drug-likeness (QED) is 0.600. The van der Waals surface area contributed by atoms with Crippen LogP contribution in [0, 0.1) is 10.1 Å². The van der Waals surface area contributed by atoms with Crippen molar-refractivity contribution >= 4 is 17.5 Å². The van der Waals surface area contributed by atoms with Gasteiger partial charge in [0.25, 0.3) is 5.91 Å². The molecule has 0 aliphatic carbocycles. The van der Waals surface area contributed by atoms with Crippen molar-refractivity contribution < 1.29 is 14.1 Å². The second-order valence-electron chi connectivity index (χ2n) is 5.03. The van der Waals surface area contributed by atoms with Gasteiger partial charge in [-0.15, -0.1) is 0 Å². The first-order valence-corrected chi connectivity index (χ1v) is 7.14. The lowest BCUT2D eigenvalue weighted by molar-refractivity contribution is -0.402. The molecule has 0 unspecified atom stereocenters. The smallest absolute Gasteiger partial charge is 0.395 e. The Morgan fingerprint density at radius 1 is 1.23 bits per heavy atom. The standard InChI is InChI=1S/C16H18N2O4/c1-3-4-5-12-6-8-13(9-7-12)17(2)16(19)14-10-11-15(22-14)18(20)21/h6-11H,3-5H2,1-2H3.